The van der Waals surface area contributed by atoms with Crippen LogP contribution in [0.5, 0.6) is 0 Å². The van der Waals surface area contributed by atoms with Crippen molar-refractivity contribution in [2.24, 2.45) is 11.1 Å². The van der Waals surface area contributed by atoms with Gasteiger partial charge in [0.2, 0.25) is 0 Å². The maximum Gasteiger partial charge on any atom is 0.251 e. The molecule has 1 aliphatic carbocycles. The lowest BCUT2D eigenvalue weighted by Crippen LogP contribution is -2.33. The number of aromatic nitrogens is 2. The van der Waals surface area contributed by atoms with E-state index in [1.165, 1.54) is 0 Å². The summed E-state index contributed by atoms with van der Waals surface area (Å²) < 4.78 is 0. The van der Waals surface area contributed by atoms with Crippen LogP contribution in [0.1, 0.15) is 29.0 Å². The van der Waals surface area contributed by atoms with Gasteiger partial charge in [-0.05, 0) is 44.5 Å². The van der Waals surface area contributed by atoms with Gasteiger partial charge in [-0.25, -0.2) is 4.98 Å². The third-order valence-corrected chi connectivity index (χ3v) is 3.88. The molecule has 1 saturated carbocycles. The largest absolute Gasteiger partial charge is 0.351 e. The number of nitrogens with two attached hydrogens (primary N) is 1. The first-order valence-electron chi connectivity index (χ1n) is 6.57. The Balaban J connectivity index is 1.74. The molecule has 2 aromatic rings. The summed E-state index contributed by atoms with van der Waals surface area (Å²) in [5.41, 5.74) is 8.30. The molecule has 0 bridgehead atoms. The summed E-state index contributed by atoms with van der Waals surface area (Å²) in [5.74, 6) is 0.807. The lowest BCUT2D eigenvalue weighted by Gasteiger charge is -2.13. The number of aryl methyl sites for hydroxylation is 1. The van der Waals surface area contributed by atoms with Gasteiger partial charge in [0.1, 0.15) is 5.82 Å². The van der Waals surface area contributed by atoms with E-state index in [-0.39, 0.29) is 11.3 Å². The number of nitrogens with one attached hydrogen (secondary N) is 2. The molecule has 1 heterocycles. The normalized spacial score (nSPS) is 16.5. The molecule has 1 aromatic heterocycles. The van der Waals surface area contributed by atoms with Gasteiger partial charge < -0.3 is 16.0 Å². The first kappa shape index (κ1) is 12.2. The van der Waals surface area contributed by atoms with Crippen molar-refractivity contribution in [3.63, 3.8) is 0 Å². The number of hydrogen-bond acceptors (Lipinski definition) is 3. The van der Waals surface area contributed by atoms with Crippen LogP contribution in [-0.2, 0) is 0 Å². The van der Waals surface area contributed by atoms with Crippen LogP contribution in [0, 0.1) is 12.3 Å². The van der Waals surface area contributed by atoms with Crippen molar-refractivity contribution in [2.45, 2.75) is 19.8 Å². The lowest BCUT2D eigenvalue weighted by atomic mass is 10.1. The molecule has 0 spiro atoms. The number of benzene rings is 1. The molecule has 5 nitrogen and oxygen atoms in total. The Morgan fingerprint density at radius 2 is 2.32 bits per heavy atom. The van der Waals surface area contributed by atoms with Gasteiger partial charge >= 0.3 is 0 Å². The Bertz CT molecular complexity index is 627. The van der Waals surface area contributed by atoms with Crippen LogP contribution >= 0.6 is 0 Å². The highest BCUT2D eigenvalue weighted by Gasteiger charge is 2.41. The fourth-order valence-electron chi connectivity index (χ4n) is 2.28. The van der Waals surface area contributed by atoms with E-state index in [4.69, 9.17) is 5.73 Å². The topological polar surface area (TPSA) is 83.8 Å². The molecule has 0 saturated heterocycles. The van der Waals surface area contributed by atoms with E-state index in [1.807, 2.05) is 19.1 Å². The zero-order valence-electron chi connectivity index (χ0n) is 11.0. The number of fused-ring (bicyclic) bond motifs is 1. The molecule has 1 amide bonds. The smallest absolute Gasteiger partial charge is 0.251 e. The highest BCUT2D eigenvalue weighted by Crippen LogP contribution is 2.43. The van der Waals surface area contributed by atoms with E-state index in [0.29, 0.717) is 18.7 Å². The summed E-state index contributed by atoms with van der Waals surface area (Å²) in [6.45, 7) is 3.21. The van der Waals surface area contributed by atoms with Crippen LogP contribution in [0.15, 0.2) is 18.2 Å². The van der Waals surface area contributed by atoms with E-state index >= 15 is 0 Å². The van der Waals surface area contributed by atoms with Gasteiger partial charge in [0.15, 0.2) is 0 Å². The molecule has 19 heavy (non-hydrogen) atoms. The average Bonchev–Trinajstić information content (AvgIpc) is 3.10. The maximum absolute atomic E-state index is 12.1. The number of amides is 1. The van der Waals surface area contributed by atoms with Crippen molar-refractivity contribution in [1.82, 2.24) is 15.3 Å². The molecule has 5 heteroatoms. The molecule has 0 radical (unpaired) electrons. The third-order valence-electron chi connectivity index (χ3n) is 3.88. The quantitative estimate of drug-likeness (QED) is 0.773. The second-order valence-corrected chi connectivity index (χ2v) is 5.44. The van der Waals surface area contributed by atoms with Crippen LogP contribution in [0.4, 0.5) is 0 Å². The predicted octanol–water partition coefficient (Wildman–Crippen LogP) is 1.34. The molecule has 1 aliphatic rings. The van der Waals surface area contributed by atoms with Gasteiger partial charge in [0.05, 0.1) is 11.0 Å². The highest BCUT2D eigenvalue weighted by atomic mass is 16.1. The zero-order chi connectivity index (χ0) is 13.5. The molecule has 1 aromatic carbocycles. The Morgan fingerprint density at radius 1 is 1.53 bits per heavy atom. The lowest BCUT2D eigenvalue weighted by molar-refractivity contribution is 0.0945. The first-order valence-corrected chi connectivity index (χ1v) is 6.57. The Labute approximate surface area is 111 Å². The summed E-state index contributed by atoms with van der Waals surface area (Å²) in [4.78, 5) is 19.6. The van der Waals surface area contributed by atoms with E-state index in [1.54, 1.807) is 6.07 Å². The number of H-pyrrole nitrogens is 1. The van der Waals surface area contributed by atoms with Crippen LogP contribution in [-0.4, -0.2) is 29.0 Å². The van der Waals surface area contributed by atoms with Crippen molar-refractivity contribution < 1.29 is 4.79 Å². The number of aromatic amines is 1. The van der Waals surface area contributed by atoms with Crippen LogP contribution in [0.3, 0.4) is 0 Å². The molecule has 3 rings (SSSR count). The van der Waals surface area contributed by atoms with Gasteiger partial charge in [0, 0.05) is 17.5 Å². The summed E-state index contributed by atoms with van der Waals surface area (Å²) >= 11 is 0. The maximum atomic E-state index is 12.1. The van der Waals surface area contributed by atoms with E-state index in [2.05, 4.69) is 15.3 Å². The monoisotopic (exact) mass is 258 g/mol. The van der Waals surface area contributed by atoms with Crippen LogP contribution < -0.4 is 11.1 Å². The molecule has 100 valence electrons. The second-order valence-electron chi connectivity index (χ2n) is 5.44. The van der Waals surface area contributed by atoms with Crippen molar-refractivity contribution >= 4 is 16.9 Å². The molecular weight excluding hydrogens is 240 g/mol. The van der Waals surface area contributed by atoms with E-state index in [0.717, 1.165) is 29.7 Å². The highest BCUT2D eigenvalue weighted by molar-refractivity contribution is 5.97. The summed E-state index contributed by atoms with van der Waals surface area (Å²) in [5, 5.41) is 2.97. The SMILES string of the molecule is Cc1nc2ccc(C(=O)NCC3(CN)CC3)cc2[nH]1. The van der Waals surface area contributed by atoms with Crippen molar-refractivity contribution in [2.75, 3.05) is 13.1 Å². The molecule has 0 unspecified atom stereocenters. The minimum Gasteiger partial charge on any atom is -0.351 e. The van der Waals surface area contributed by atoms with Crippen LogP contribution in [0.25, 0.3) is 11.0 Å². The summed E-state index contributed by atoms with van der Waals surface area (Å²) in [6, 6.07) is 5.51. The average molecular weight is 258 g/mol. The van der Waals surface area contributed by atoms with E-state index in [9.17, 15) is 4.79 Å². The first-order chi connectivity index (χ1) is 9.12. The van der Waals surface area contributed by atoms with Gasteiger partial charge in [-0.2, -0.15) is 0 Å². The number of nitrogens with zero attached hydrogens (tertiary/aromatic N) is 1. The fourth-order valence-corrected chi connectivity index (χ4v) is 2.28. The van der Waals surface area contributed by atoms with Gasteiger partial charge in [0.25, 0.3) is 5.91 Å². The minimum absolute atomic E-state index is 0.0473. The van der Waals surface area contributed by atoms with Crippen molar-refractivity contribution in [3.05, 3.63) is 29.6 Å². The van der Waals surface area contributed by atoms with Gasteiger partial charge in [-0.1, -0.05) is 0 Å². The summed E-state index contributed by atoms with van der Waals surface area (Å²) in [7, 11) is 0. The molecule has 0 aliphatic heterocycles. The number of hydrogen-bond donors (Lipinski definition) is 3. The standard InChI is InChI=1S/C14H18N4O/c1-9-17-11-3-2-10(6-12(11)18-9)13(19)16-8-14(7-15)4-5-14/h2-3,6H,4-5,7-8,15H2,1H3,(H,16,19)(H,17,18). The number of carbonyl (C=O) groups excluding carboxylic acids is 1. The number of rotatable bonds is 4. The van der Waals surface area contributed by atoms with Gasteiger partial charge in [-0.15, -0.1) is 0 Å². The Kier molecular flexibility index (Phi) is 2.78. The second kappa shape index (κ2) is 4.35. The van der Waals surface area contributed by atoms with E-state index < -0.39 is 0 Å². The predicted molar refractivity (Wildman–Crippen MR) is 73.9 cm³/mol. The Hall–Kier alpha value is -1.88. The minimum atomic E-state index is -0.0473. The Morgan fingerprint density at radius 3 is 3.00 bits per heavy atom. The molecule has 1 fully saturated rings. The summed E-state index contributed by atoms with van der Waals surface area (Å²) in [6.07, 6.45) is 2.23. The van der Waals surface area contributed by atoms with Crippen molar-refractivity contribution in [3.8, 4) is 0 Å². The fraction of sp³-hybridized carbons (Fsp3) is 0.429. The zero-order valence-corrected chi connectivity index (χ0v) is 11.0. The van der Waals surface area contributed by atoms with Crippen LogP contribution in [0.2, 0.25) is 0 Å². The molecule has 4 N–H and O–H groups in total. The van der Waals surface area contributed by atoms with Gasteiger partial charge in [-0.3, -0.25) is 4.79 Å². The van der Waals surface area contributed by atoms with Crippen molar-refractivity contribution in [1.29, 1.82) is 0 Å². The molecular formula is C14H18N4O. The third kappa shape index (κ3) is 2.33. The number of imidazole rings is 1. The number of carbonyl (C=O) groups is 1. The molecule has 0 atom stereocenters.